The smallest absolute Gasteiger partial charge is 0.240 e. The Labute approximate surface area is 138 Å². The van der Waals surface area contributed by atoms with E-state index >= 15 is 0 Å². The van der Waals surface area contributed by atoms with Gasteiger partial charge in [-0.15, -0.1) is 12.4 Å². The van der Waals surface area contributed by atoms with Gasteiger partial charge in [0, 0.05) is 12.6 Å². The summed E-state index contributed by atoms with van der Waals surface area (Å²) in [6.45, 7) is 5.30. The first-order valence-electron chi connectivity index (χ1n) is 7.38. The Morgan fingerprint density at radius 1 is 1.55 bits per heavy atom. The van der Waals surface area contributed by atoms with Crippen molar-refractivity contribution in [1.29, 1.82) is 0 Å². The molecule has 0 saturated carbocycles. The summed E-state index contributed by atoms with van der Waals surface area (Å²) in [5, 5.41) is 6.24. The van der Waals surface area contributed by atoms with Gasteiger partial charge in [0.1, 0.15) is 11.8 Å². The van der Waals surface area contributed by atoms with E-state index in [2.05, 4.69) is 10.6 Å². The first-order chi connectivity index (χ1) is 10.1. The molecule has 1 heterocycles. The molecule has 22 heavy (non-hydrogen) atoms. The van der Waals surface area contributed by atoms with Gasteiger partial charge < -0.3 is 20.1 Å². The molecule has 1 aliphatic rings. The third kappa shape index (κ3) is 5.16. The van der Waals surface area contributed by atoms with E-state index in [0.717, 1.165) is 17.7 Å². The Kier molecular flexibility index (Phi) is 7.65. The zero-order valence-electron chi connectivity index (χ0n) is 13.3. The predicted octanol–water partition coefficient (Wildman–Crippen LogP) is 1.54. The molecule has 1 aliphatic heterocycles. The first-order valence-corrected chi connectivity index (χ1v) is 7.38. The van der Waals surface area contributed by atoms with E-state index in [-0.39, 0.29) is 36.5 Å². The fraction of sp³-hybridized carbons (Fsp3) is 0.562. The molecule has 1 fully saturated rings. The number of benzene rings is 1. The van der Waals surface area contributed by atoms with Gasteiger partial charge in [-0.3, -0.25) is 4.79 Å². The van der Waals surface area contributed by atoms with Crippen molar-refractivity contribution >= 4 is 18.3 Å². The number of hydrogen-bond donors (Lipinski definition) is 2. The van der Waals surface area contributed by atoms with Crippen molar-refractivity contribution in [2.24, 2.45) is 0 Å². The maximum atomic E-state index is 12.3. The summed E-state index contributed by atoms with van der Waals surface area (Å²) in [6.07, 6.45) is 0.674. The number of amides is 1. The van der Waals surface area contributed by atoms with Crippen LogP contribution in [0.1, 0.15) is 19.4 Å². The molecular weight excluding hydrogens is 304 g/mol. The van der Waals surface area contributed by atoms with Crippen LogP contribution in [0.3, 0.4) is 0 Å². The van der Waals surface area contributed by atoms with E-state index in [1.54, 1.807) is 7.11 Å². The fourth-order valence-corrected chi connectivity index (χ4v) is 2.56. The monoisotopic (exact) mass is 328 g/mol. The van der Waals surface area contributed by atoms with Crippen LogP contribution in [0.25, 0.3) is 0 Å². The largest absolute Gasteiger partial charge is 0.497 e. The molecule has 0 spiro atoms. The topological polar surface area (TPSA) is 59.6 Å². The molecule has 2 rings (SSSR count). The summed E-state index contributed by atoms with van der Waals surface area (Å²) in [7, 11) is 1.65. The number of rotatable bonds is 5. The molecule has 0 aromatic heterocycles. The summed E-state index contributed by atoms with van der Waals surface area (Å²) in [5.74, 6) is 0.833. The first kappa shape index (κ1) is 18.7. The van der Waals surface area contributed by atoms with Crippen molar-refractivity contribution in [2.45, 2.75) is 38.5 Å². The van der Waals surface area contributed by atoms with Crippen LogP contribution in [-0.4, -0.2) is 44.4 Å². The van der Waals surface area contributed by atoms with E-state index in [0.29, 0.717) is 13.2 Å². The molecule has 0 bridgehead atoms. The lowest BCUT2D eigenvalue weighted by Gasteiger charge is -2.30. The molecule has 1 saturated heterocycles. The van der Waals surface area contributed by atoms with Crippen molar-refractivity contribution in [3.63, 3.8) is 0 Å². The highest BCUT2D eigenvalue weighted by atomic mass is 35.5. The molecule has 3 atom stereocenters. The van der Waals surface area contributed by atoms with Crippen molar-refractivity contribution in [2.75, 3.05) is 20.3 Å². The van der Waals surface area contributed by atoms with E-state index in [1.807, 2.05) is 38.1 Å². The van der Waals surface area contributed by atoms with Gasteiger partial charge in [-0.1, -0.05) is 12.1 Å². The highest BCUT2D eigenvalue weighted by molar-refractivity contribution is 5.85. The van der Waals surface area contributed by atoms with Gasteiger partial charge in [0.05, 0.1) is 19.8 Å². The van der Waals surface area contributed by atoms with Crippen LogP contribution in [0.2, 0.25) is 0 Å². The molecule has 0 aliphatic carbocycles. The average molecular weight is 329 g/mol. The average Bonchev–Trinajstić information content (AvgIpc) is 2.47. The summed E-state index contributed by atoms with van der Waals surface area (Å²) in [4.78, 5) is 12.3. The molecule has 0 radical (unpaired) electrons. The number of hydrogen-bond acceptors (Lipinski definition) is 4. The zero-order chi connectivity index (χ0) is 15.2. The van der Waals surface area contributed by atoms with E-state index < -0.39 is 0 Å². The van der Waals surface area contributed by atoms with Gasteiger partial charge in [0.2, 0.25) is 5.91 Å². The molecular formula is C16H25ClN2O3. The maximum absolute atomic E-state index is 12.3. The molecule has 6 heteroatoms. The van der Waals surface area contributed by atoms with E-state index in [4.69, 9.17) is 9.47 Å². The second-order valence-corrected chi connectivity index (χ2v) is 5.47. The van der Waals surface area contributed by atoms with Crippen molar-refractivity contribution in [3.05, 3.63) is 29.8 Å². The fourth-order valence-electron chi connectivity index (χ4n) is 2.56. The minimum Gasteiger partial charge on any atom is -0.497 e. The molecule has 1 aromatic rings. The van der Waals surface area contributed by atoms with E-state index in [9.17, 15) is 4.79 Å². The number of morpholine rings is 1. The minimum absolute atomic E-state index is 0. The summed E-state index contributed by atoms with van der Waals surface area (Å²) in [5.41, 5.74) is 1.14. The lowest BCUT2D eigenvalue weighted by molar-refractivity contribution is -0.129. The molecule has 1 aromatic carbocycles. The minimum atomic E-state index is -0.272. The normalized spacial score (nSPS) is 22.3. The number of halogens is 1. The highest BCUT2D eigenvalue weighted by Gasteiger charge is 2.28. The Morgan fingerprint density at radius 2 is 2.32 bits per heavy atom. The van der Waals surface area contributed by atoms with Crippen LogP contribution in [0.4, 0.5) is 0 Å². The van der Waals surface area contributed by atoms with Gasteiger partial charge in [-0.2, -0.15) is 0 Å². The van der Waals surface area contributed by atoms with Crippen LogP contribution in [0, 0.1) is 0 Å². The summed E-state index contributed by atoms with van der Waals surface area (Å²) >= 11 is 0. The number of carbonyl (C=O) groups is 1. The quantitative estimate of drug-likeness (QED) is 0.861. The SMILES string of the molecule is COc1cccc(CC(C)NC(=O)[C@H]2NCCO[C@@H]2C)c1.Cl. The Morgan fingerprint density at radius 3 is 3.00 bits per heavy atom. The van der Waals surface area contributed by atoms with Crippen LogP contribution >= 0.6 is 12.4 Å². The Hall–Kier alpha value is -1.30. The third-order valence-corrected chi connectivity index (χ3v) is 3.66. The second kappa shape index (κ2) is 8.98. The number of carbonyl (C=O) groups excluding carboxylic acids is 1. The number of ether oxygens (including phenoxy) is 2. The number of methoxy groups -OCH3 is 1. The van der Waals surface area contributed by atoms with Crippen LogP contribution < -0.4 is 15.4 Å². The van der Waals surface area contributed by atoms with E-state index in [1.165, 1.54) is 0 Å². The van der Waals surface area contributed by atoms with Gasteiger partial charge in [0.25, 0.3) is 0 Å². The number of nitrogens with one attached hydrogen (secondary N) is 2. The van der Waals surface area contributed by atoms with Crippen molar-refractivity contribution in [3.8, 4) is 5.75 Å². The van der Waals surface area contributed by atoms with Crippen LogP contribution in [-0.2, 0) is 16.0 Å². The summed E-state index contributed by atoms with van der Waals surface area (Å²) in [6, 6.07) is 7.69. The second-order valence-electron chi connectivity index (χ2n) is 5.47. The molecule has 1 unspecified atom stereocenters. The van der Waals surface area contributed by atoms with Gasteiger partial charge in [0.15, 0.2) is 0 Å². The van der Waals surface area contributed by atoms with Crippen LogP contribution in [0.5, 0.6) is 5.75 Å². The molecule has 2 N–H and O–H groups in total. The van der Waals surface area contributed by atoms with Gasteiger partial charge >= 0.3 is 0 Å². The summed E-state index contributed by atoms with van der Waals surface area (Å²) < 4.78 is 10.7. The lowest BCUT2D eigenvalue weighted by Crippen LogP contribution is -2.56. The molecule has 124 valence electrons. The standard InChI is InChI=1S/C16H24N2O3.ClH/c1-11(9-13-5-4-6-14(10-13)20-3)18-16(19)15-12(2)21-8-7-17-15;/h4-6,10-12,15,17H,7-9H2,1-3H3,(H,18,19);1H/t11?,12-,15+;/m1./s1. The van der Waals surface area contributed by atoms with Gasteiger partial charge in [-0.05, 0) is 38.0 Å². The van der Waals surface area contributed by atoms with Crippen LogP contribution in [0.15, 0.2) is 24.3 Å². The van der Waals surface area contributed by atoms with Crippen molar-refractivity contribution < 1.29 is 14.3 Å². The Bertz CT molecular complexity index is 484. The van der Waals surface area contributed by atoms with Gasteiger partial charge in [-0.25, -0.2) is 0 Å². The predicted molar refractivity (Wildman–Crippen MR) is 88.8 cm³/mol. The Balaban J connectivity index is 0.00000242. The molecule has 5 nitrogen and oxygen atoms in total. The van der Waals surface area contributed by atoms with Crippen molar-refractivity contribution in [1.82, 2.24) is 10.6 Å². The lowest BCUT2D eigenvalue weighted by atomic mass is 10.1. The molecule has 1 amide bonds. The maximum Gasteiger partial charge on any atom is 0.240 e. The highest BCUT2D eigenvalue weighted by Crippen LogP contribution is 2.14. The third-order valence-electron chi connectivity index (χ3n) is 3.66. The zero-order valence-corrected chi connectivity index (χ0v) is 14.1.